The van der Waals surface area contributed by atoms with Crippen molar-refractivity contribution >= 4 is 22.0 Å². The normalized spacial score (nSPS) is 17.0. The van der Waals surface area contributed by atoms with Gasteiger partial charge in [0.15, 0.2) is 0 Å². The number of aliphatic hydroxyl groups excluding tert-OH is 1. The second-order valence-electron chi connectivity index (χ2n) is 11.9. The van der Waals surface area contributed by atoms with Crippen LogP contribution in [0.3, 0.4) is 0 Å². The molecular formula is C34H44F3N3O8S. The molecule has 0 saturated carbocycles. The first kappa shape index (κ1) is 39.5. The van der Waals surface area contributed by atoms with E-state index in [0.29, 0.717) is 28.5 Å². The van der Waals surface area contributed by atoms with Crippen molar-refractivity contribution in [3.8, 4) is 5.75 Å². The van der Waals surface area contributed by atoms with Gasteiger partial charge in [-0.05, 0) is 42.0 Å². The van der Waals surface area contributed by atoms with Crippen LogP contribution in [-0.4, -0.2) is 103 Å². The Kier molecular flexibility index (Phi) is 13.8. The van der Waals surface area contributed by atoms with E-state index in [9.17, 15) is 41.4 Å². The molecule has 0 bridgehead atoms. The Labute approximate surface area is 285 Å². The van der Waals surface area contributed by atoms with Gasteiger partial charge in [-0.1, -0.05) is 54.6 Å². The van der Waals surface area contributed by atoms with Crippen LogP contribution in [0.2, 0.25) is 0 Å². The molecule has 0 aromatic heterocycles. The average molecular weight is 712 g/mol. The number of aryl methyl sites for hydroxylation is 1. The lowest BCUT2D eigenvalue weighted by molar-refractivity contribution is -0.130. The van der Waals surface area contributed by atoms with Crippen LogP contribution >= 0.6 is 0 Å². The SMILES string of the molecule is C=CCOC[C@](Cc1ccccc1OC)(NC(=O)[C@H](CC=C)N(C)S(=O)(=O)CCC(F)(F)F)[C@H](O)CN(C(=O)O)[C@H]1CCc2ccccc21. The van der Waals surface area contributed by atoms with E-state index in [1.807, 2.05) is 18.2 Å². The largest absolute Gasteiger partial charge is 0.496 e. The minimum Gasteiger partial charge on any atom is -0.496 e. The number of aliphatic hydroxyl groups is 1. The van der Waals surface area contributed by atoms with E-state index < -0.39 is 77.3 Å². The van der Waals surface area contributed by atoms with Crippen LogP contribution in [-0.2, 0) is 32.4 Å². The summed E-state index contributed by atoms with van der Waals surface area (Å²) in [5.74, 6) is -1.88. The van der Waals surface area contributed by atoms with E-state index in [1.54, 1.807) is 30.3 Å². The van der Waals surface area contributed by atoms with Crippen molar-refractivity contribution in [2.75, 3.05) is 39.7 Å². The van der Waals surface area contributed by atoms with Crippen LogP contribution in [0.1, 0.15) is 42.0 Å². The summed E-state index contributed by atoms with van der Waals surface area (Å²) >= 11 is 0. The summed E-state index contributed by atoms with van der Waals surface area (Å²) in [6.07, 6.45) is -6.07. The van der Waals surface area contributed by atoms with E-state index in [1.165, 1.54) is 19.3 Å². The first-order valence-corrected chi connectivity index (χ1v) is 17.2. The van der Waals surface area contributed by atoms with Crippen molar-refractivity contribution in [2.45, 2.75) is 62.0 Å². The lowest BCUT2D eigenvalue weighted by Gasteiger charge is -2.42. The zero-order valence-corrected chi connectivity index (χ0v) is 28.4. The monoisotopic (exact) mass is 711 g/mol. The van der Waals surface area contributed by atoms with Gasteiger partial charge in [0, 0.05) is 13.5 Å². The number of sulfonamides is 1. The third kappa shape index (κ3) is 10.3. The maximum absolute atomic E-state index is 14.1. The molecule has 2 amide bonds. The maximum atomic E-state index is 14.1. The van der Waals surface area contributed by atoms with Crippen LogP contribution in [0.5, 0.6) is 5.75 Å². The molecule has 0 radical (unpaired) electrons. The molecule has 4 atom stereocenters. The van der Waals surface area contributed by atoms with Crippen molar-refractivity contribution in [1.29, 1.82) is 0 Å². The molecule has 2 aromatic carbocycles. The molecule has 2 aromatic rings. The van der Waals surface area contributed by atoms with Gasteiger partial charge in [0.1, 0.15) is 11.8 Å². The van der Waals surface area contributed by atoms with Gasteiger partial charge in [0.05, 0.1) is 56.7 Å². The smallest absolute Gasteiger partial charge is 0.407 e. The number of methoxy groups -OCH3 is 1. The molecule has 0 saturated heterocycles. The number of carbonyl (C=O) groups is 2. The van der Waals surface area contributed by atoms with Crippen LogP contribution in [0, 0.1) is 0 Å². The van der Waals surface area contributed by atoms with E-state index in [-0.39, 0.29) is 19.4 Å². The standard InChI is InChI=1S/C34H44F3N3O8S/c1-5-11-28(39(3)49(45,46)20-18-34(35,36)37)31(42)38-33(23-48-19-6-2,21-25-13-8-10-15-29(25)47-4)30(41)22-40(32(43)44)27-17-16-24-12-7-9-14-26(24)27/h5-10,12-15,27-28,30,41H,1-2,11,16-23H2,3-4H3,(H,38,42)(H,43,44)/t27-,28-,30+,33-/m0/s1. The second kappa shape index (κ2) is 17.1. The molecule has 0 spiro atoms. The topological polar surface area (TPSA) is 146 Å². The highest BCUT2D eigenvalue weighted by atomic mass is 32.2. The summed E-state index contributed by atoms with van der Waals surface area (Å²) in [5.41, 5.74) is 0.427. The number of nitrogens with zero attached hydrogens (tertiary/aromatic N) is 2. The Morgan fingerprint density at radius 3 is 2.43 bits per heavy atom. The number of benzene rings is 2. The number of alkyl halides is 3. The number of carbonyl (C=O) groups excluding carboxylic acids is 1. The number of para-hydroxylation sites is 1. The number of amides is 2. The van der Waals surface area contributed by atoms with E-state index in [0.717, 1.165) is 23.1 Å². The zero-order valence-electron chi connectivity index (χ0n) is 27.6. The molecule has 3 rings (SSSR count). The second-order valence-corrected chi connectivity index (χ2v) is 14.0. The molecule has 15 heteroatoms. The minimum absolute atomic E-state index is 0.0310. The van der Waals surface area contributed by atoms with Gasteiger partial charge in [0.2, 0.25) is 15.9 Å². The number of hydrogen-bond acceptors (Lipinski definition) is 7. The van der Waals surface area contributed by atoms with E-state index in [2.05, 4.69) is 18.5 Å². The van der Waals surface area contributed by atoms with Crippen LogP contribution in [0.15, 0.2) is 73.8 Å². The number of ether oxygens (including phenoxy) is 2. The van der Waals surface area contributed by atoms with Crippen LogP contribution in [0.25, 0.3) is 0 Å². The van der Waals surface area contributed by atoms with Gasteiger partial charge >= 0.3 is 12.3 Å². The summed E-state index contributed by atoms with van der Waals surface area (Å²) in [6.45, 7) is 6.29. The Bertz CT molecular complexity index is 1570. The van der Waals surface area contributed by atoms with Crippen LogP contribution < -0.4 is 10.1 Å². The number of likely N-dealkylation sites (N-methyl/N-ethyl adjacent to an activating group) is 1. The summed E-state index contributed by atoms with van der Waals surface area (Å²) in [4.78, 5) is 27.9. The lowest BCUT2D eigenvalue weighted by Crippen LogP contribution is -2.66. The van der Waals surface area contributed by atoms with E-state index in [4.69, 9.17) is 9.47 Å². The van der Waals surface area contributed by atoms with Gasteiger partial charge in [-0.15, -0.1) is 13.2 Å². The molecule has 1 aliphatic rings. The Balaban J connectivity index is 2.10. The fourth-order valence-electron chi connectivity index (χ4n) is 5.99. The summed E-state index contributed by atoms with van der Waals surface area (Å²) in [5, 5.41) is 25.2. The van der Waals surface area contributed by atoms with Gasteiger partial charge in [-0.25, -0.2) is 13.2 Å². The van der Waals surface area contributed by atoms with Crippen LogP contribution in [0.4, 0.5) is 18.0 Å². The Hall–Kier alpha value is -3.92. The highest BCUT2D eigenvalue weighted by Crippen LogP contribution is 2.37. The minimum atomic E-state index is -4.75. The fraction of sp³-hybridized carbons (Fsp3) is 0.471. The molecule has 49 heavy (non-hydrogen) atoms. The first-order valence-electron chi connectivity index (χ1n) is 15.6. The van der Waals surface area contributed by atoms with E-state index >= 15 is 0 Å². The molecule has 3 N–H and O–H groups in total. The maximum Gasteiger partial charge on any atom is 0.407 e. The third-order valence-electron chi connectivity index (χ3n) is 8.61. The first-order chi connectivity index (χ1) is 23.1. The predicted octanol–water partition coefficient (Wildman–Crippen LogP) is 4.48. The average Bonchev–Trinajstić information content (AvgIpc) is 3.48. The van der Waals surface area contributed by atoms with Crippen molar-refractivity contribution < 1.29 is 50.9 Å². The highest BCUT2D eigenvalue weighted by Gasteiger charge is 2.46. The molecule has 270 valence electrons. The lowest BCUT2D eigenvalue weighted by atomic mass is 9.84. The number of rotatable bonds is 19. The number of carboxylic acid groups (broad SMARTS) is 1. The number of nitrogens with one attached hydrogen (secondary N) is 1. The molecule has 0 heterocycles. The van der Waals surface area contributed by atoms with Crippen molar-refractivity contribution in [3.63, 3.8) is 0 Å². The molecule has 11 nitrogen and oxygen atoms in total. The fourth-order valence-corrected chi connectivity index (χ4v) is 7.34. The highest BCUT2D eigenvalue weighted by molar-refractivity contribution is 7.89. The Morgan fingerprint density at radius 2 is 1.80 bits per heavy atom. The Morgan fingerprint density at radius 1 is 1.12 bits per heavy atom. The predicted molar refractivity (Wildman–Crippen MR) is 178 cm³/mol. The molecule has 0 unspecified atom stereocenters. The number of hydrogen-bond donors (Lipinski definition) is 3. The van der Waals surface area contributed by atoms with Gasteiger partial charge in [-0.2, -0.15) is 17.5 Å². The molecule has 1 aliphatic carbocycles. The zero-order chi connectivity index (χ0) is 36.4. The molecule has 0 fully saturated rings. The van der Waals surface area contributed by atoms with Gasteiger partial charge < -0.3 is 25.0 Å². The van der Waals surface area contributed by atoms with Crippen molar-refractivity contribution in [3.05, 3.63) is 90.5 Å². The summed E-state index contributed by atoms with van der Waals surface area (Å²) in [7, 11) is -2.18. The third-order valence-corrected chi connectivity index (χ3v) is 10.5. The number of halogens is 3. The quantitative estimate of drug-likeness (QED) is 0.143. The summed E-state index contributed by atoms with van der Waals surface area (Å²) < 4.78 is 76.7. The summed E-state index contributed by atoms with van der Waals surface area (Å²) in [6, 6.07) is 11.9. The van der Waals surface area contributed by atoms with Crippen molar-refractivity contribution in [2.24, 2.45) is 0 Å². The van der Waals surface area contributed by atoms with Gasteiger partial charge in [0.25, 0.3) is 0 Å². The number of fused-ring (bicyclic) bond motifs is 1. The molecule has 0 aliphatic heterocycles. The van der Waals surface area contributed by atoms with Gasteiger partial charge in [-0.3, -0.25) is 9.69 Å². The van der Waals surface area contributed by atoms with Crippen molar-refractivity contribution in [1.82, 2.24) is 14.5 Å². The molecular weight excluding hydrogens is 667 g/mol.